The molecule has 7 rings (SSSR count). The molecule has 208 valence electrons. The van der Waals surface area contributed by atoms with Crippen LogP contribution in [0.1, 0.15) is 44.1 Å². The first-order chi connectivity index (χ1) is 19.3. The maximum Gasteiger partial charge on any atom is 0.285 e. The average molecular weight is 578 g/mol. The smallest absolute Gasteiger partial charge is 0.285 e. The van der Waals surface area contributed by atoms with Gasteiger partial charge in [-0.15, -0.1) is 0 Å². The molecule has 0 atom stereocenters. The minimum atomic E-state index is -0.359. The summed E-state index contributed by atoms with van der Waals surface area (Å²) in [6.07, 6.45) is 8.25. The molecule has 0 spiro atoms. The van der Waals surface area contributed by atoms with E-state index in [1.165, 1.54) is 36.0 Å². The molecule has 3 amide bonds. The van der Waals surface area contributed by atoms with E-state index in [0.29, 0.717) is 44.2 Å². The van der Waals surface area contributed by atoms with Crippen molar-refractivity contribution in [3.8, 4) is 11.5 Å². The number of ether oxygens (including phenoxy) is 2. The van der Waals surface area contributed by atoms with Gasteiger partial charge in [0, 0.05) is 0 Å². The quantitative estimate of drug-likeness (QED) is 0.330. The predicted molar refractivity (Wildman–Crippen MR) is 157 cm³/mol. The topological polar surface area (TPSA) is 97.0 Å². The van der Waals surface area contributed by atoms with Gasteiger partial charge in [-0.3, -0.25) is 19.8 Å². The first-order valence-corrected chi connectivity index (χ1v) is 14.8. The van der Waals surface area contributed by atoms with E-state index in [0.717, 1.165) is 24.8 Å². The number of carbonyl (C=O) groups excluding carboxylic acids is 3. The molecule has 4 bridgehead atoms. The Hall–Kier alpha value is -3.37. The van der Waals surface area contributed by atoms with Crippen LogP contribution in [-0.4, -0.2) is 40.8 Å². The summed E-state index contributed by atoms with van der Waals surface area (Å²) in [4.78, 5) is 39.4. The highest BCUT2D eigenvalue weighted by molar-refractivity contribution is 8.26. The molecule has 10 heteroatoms. The zero-order valence-electron chi connectivity index (χ0n) is 22.2. The van der Waals surface area contributed by atoms with Gasteiger partial charge in [0.25, 0.3) is 11.8 Å². The lowest BCUT2D eigenvalue weighted by molar-refractivity contribution is -0.152. The van der Waals surface area contributed by atoms with Crippen molar-refractivity contribution in [2.45, 2.75) is 38.5 Å². The largest absolute Gasteiger partial charge is 0.495 e. The number of anilines is 1. The summed E-state index contributed by atoms with van der Waals surface area (Å²) in [6, 6.07) is 14.2. The van der Waals surface area contributed by atoms with Gasteiger partial charge >= 0.3 is 0 Å². The molecule has 8 nitrogen and oxygen atoms in total. The summed E-state index contributed by atoms with van der Waals surface area (Å²) in [5.41, 5.74) is 3.88. The Morgan fingerprint density at radius 3 is 2.35 bits per heavy atom. The molecule has 1 saturated heterocycles. The Morgan fingerprint density at radius 1 is 1.05 bits per heavy atom. The number of methoxy groups -OCH3 is 1. The average Bonchev–Trinajstić information content (AvgIpc) is 3.19. The fraction of sp³-hybridized carbons (Fsp3) is 0.400. The molecule has 4 saturated carbocycles. The summed E-state index contributed by atoms with van der Waals surface area (Å²) in [5, 5.41) is 4.01. The molecule has 2 N–H and O–H groups in total. The Labute approximate surface area is 242 Å². The number of amides is 3. The molecule has 0 radical (unpaired) electrons. The van der Waals surface area contributed by atoms with E-state index < -0.39 is 0 Å². The molecule has 4 aliphatic carbocycles. The van der Waals surface area contributed by atoms with Crippen molar-refractivity contribution in [2.24, 2.45) is 23.2 Å². The molecule has 40 heavy (non-hydrogen) atoms. The number of thioether (sulfide) groups is 1. The van der Waals surface area contributed by atoms with Crippen molar-refractivity contribution in [2.75, 3.05) is 19.0 Å². The van der Waals surface area contributed by atoms with Crippen LogP contribution in [0, 0.1) is 23.2 Å². The SMILES string of the molecule is COc1ccccc1NC(=O)COc1ccc(/C=C2/SC(=S)N(NC(=O)C34CC5CC(CC(C5)C3)C4)C2=O)cc1. The van der Waals surface area contributed by atoms with Crippen LogP contribution in [0.15, 0.2) is 53.4 Å². The molecule has 5 fully saturated rings. The van der Waals surface area contributed by atoms with Crippen LogP contribution in [0.25, 0.3) is 6.08 Å². The lowest BCUT2D eigenvalue weighted by Crippen LogP contribution is -2.57. The monoisotopic (exact) mass is 577 g/mol. The fourth-order valence-corrected chi connectivity index (χ4v) is 8.25. The summed E-state index contributed by atoms with van der Waals surface area (Å²) in [6.45, 7) is -0.167. The fourth-order valence-electron chi connectivity index (χ4n) is 7.07. The maximum absolute atomic E-state index is 13.4. The standard InChI is InChI=1S/C30H31N3O5S2/c1-37-24-5-3-2-4-23(24)31-26(34)17-38-22-8-6-18(7-9-22)13-25-27(35)33(29(39)40-25)32-28(36)30-14-19-10-20(15-30)12-21(11-19)16-30/h2-9,13,19-21H,10-12,14-17H2,1H3,(H,31,34)(H,32,36)/b25-13+. The van der Waals surface area contributed by atoms with E-state index in [9.17, 15) is 14.4 Å². The minimum absolute atomic E-state index is 0.0552. The van der Waals surface area contributed by atoms with Gasteiger partial charge in [0.05, 0.1) is 23.1 Å². The first kappa shape index (κ1) is 26.8. The van der Waals surface area contributed by atoms with Gasteiger partial charge in [0.15, 0.2) is 10.9 Å². The maximum atomic E-state index is 13.4. The molecule has 1 aliphatic heterocycles. The number of para-hydroxylation sites is 2. The molecule has 2 aromatic carbocycles. The molecule has 0 aromatic heterocycles. The Kier molecular flexibility index (Phi) is 7.31. The van der Waals surface area contributed by atoms with Crippen molar-refractivity contribution >= 4 is 57.8 Å². The third-order valence-electron chi connectivity index (χ3n) is 8.46. The lowest BCUT2D eigenvalue weighted by atomic mass is 9.49. The molecular weight excluding hydrogens is 546 g/mol. The van der Waals surface area contributed by atoms with Gasteiger partial charge in [-0.25, -0.2) is 0 Å². The highest BCUT2D eigenvalue weighted by Crippen LogP contribution is 2.60. The number of hydrogen-bond acceptors (Lipinski definition) is 7. The van der Waals surface area contributed by atoms with Crippen molar-refractivity contribution in [1.82, 2.24) is 10.4 Å². The first-order valence-electron chi connectivity index (χ1n) is 13.6. The van der Waals surface area contributed by atoms with Crippen molar-refractivity contribution in [3.05, 3.63) is 59.0 Å². The third-order valence-corrected chi connectivity index (χ3v) is 9.76. The second kappa shape index (κ2) is 10.9. The second-order valence-corrected chi connectivity index (χ2v) is 12.9. The number of carbonyl (C=O) groups is 3. The molecule has 0 unspecified atom stereocenters. The van der Waals surface area contributed by atoms with Crippen molar-refractivity contribution < 1.29 is 23.9 Å². The van der Waals surface area contributed by atoms with E-state index in [1.54, 1.807) is 49.6 Å². The second-order valence-electron chi connectivity index (χ2n) is 11.3. The van der Waals surface area contributed by atoms with Crippen molar-refractivity contribution in [3.63, 3.8) is 0 Å². The number of nitrogens with zero attached hydrogens (tertiary/aromatic N) is 1. The third kappa shape index (κ3) is 5.34. The van der Waals surface area contributed by atoms with Gasteiger partial charge in [0.2, 0.25) is 5.91 Å². The van der Waals surface area contributed by atoms with E-state index in [2.05, 4.69) is 10.7 Å². The number of nitrogens with one attached hydrogen (secondary N) is 2. The van der Waals surface area contributed by atoms with Crippen LogP contribution in [0.2, 0.25) is 0 Å². The van der Waals surface area contributed by atoms with Crippen LogP contribution in [-0.2, 0) is 14.4 Å². The number of rotatable bonds is 8. The van der Waals surface area contributed by atoms with Gasteiger partial charge < -0.3 is 14.8 Å². The van der Waals surface area contributed by atoms with E-state index in [-0.39, 0.29) is 29.7 Å². The van der Waals surface area contributed by atoms with E-state index >= 15 is 0 Å². The highest BCUT2D eigenvalue weighted by atomic mass is 32.2. The van der Waals surface area contributed by atoms with Gasteiger partial charge in [-0.1, -0.05) is 36.0 Å². The number of benzene rings is 2. The molecule has 2 aromatic rings. The zero-order chi connectivity index (χ0) is 27.9. The van der Waals surface area contributed by atoms with Crippen LogP contribution < -0.4 is 20.2 Å². The lowest BCUT2D eigenvalue weighted by Gasteiger charge is -2.55. The Balaban J connectivity index is 1.05. The van der Waals surface area contributed by atoms with Gasteiger partial charge in [-0.2, -0.15) is 5.01 Å². The van der Waals surface area contributed by atoms with Crippen molar-refractivity contribution in [1.29, 1.82) is 0 Å². The Morgan fingerprint density at radius 2 is 1.70 bits per heavy atom. The van der Waals surface area contributed by atoms with Crippen LogP contribution in [0.5, 0.6) is 11.5 Å². The molecule has 1 heterocycles. The number of thiocarbonyl (C=S) groups is 1. The normalized spacial score (nSPS) is 27.7. The van der Waals surface area contributed by atoms with E-state index in [4.69, 9.17) is 21.7 Å². The molecular formula is C30H31N3O5S2. The summed E-state index contributed by atoms with van der Waals surface area (Å²) in [7, 11) is 1.54. The minimum Gasteiger partial charge on any atom is -0.495 e. The molecule has 5 aliphatic rings. The van der Waals surface area contributed by atoms with Crippen LogP contribution in [0.3, 0.4) is 0 Å². The Bertz CT molecular complexity index is 1350. The van der Waals surface area contributed by atoms with E-state index in [1.807, 2.05) is 12.1 Å². The summed E-state index contributed by atoms with van der Waals surface area (Å²) < 4.78 is 11.2. The number of hydrazine groups is 1. The number of hydrogen-bond donors (Lipinski definition) is 2. The summed E-state index contributed by atoms with van der Waals surface area (Å²) >= 11 is 6.64. The predicted octanol–water partition coefficient (Wildman–Crippen LogP) is 5.16. The zero-order valence-corrected chi connectivity index (χ0v) is 23.8. The van der Waals surface area contributed by atoms with Gasteiger partial charge in [0.1, 0.15) is 11.5 Å². The van der Waals surface area contributed by atoms with Crippen LogP contribution in [0.4, 0.5) is 5.69 Å². The van der Waals surface area contributed by atoms with Gasteiger partial charge in [-0.05, 0) is 104 Å². The highest BCUT2D eigenvalue weighted by Gasteiger charge is 2.55. The summed E-state index contributed by atoms with van der Waals surface area (Å²) in [5.74, 6) is 2.31. The van der Waals surface area contributed by atoms with Crippen LogP contribution >= 0.6 is 24.0 Å².